The lowest BCUT2D eigenvalue weighted by Gasteiger charge is -2.25. The highest BCUT2D eigenvalue weighted by Gasteiger charge is 2.15. The van der Waals surface area contributed by atoms with E-state index in [1.54, 1.807) is 0 Å². The summed E-state index contributed by atoms with van der Waals surface area (Å²) in [7, 11) is 1.99. The van der Waals surface area contributed by atoms with Gasteiger partial charge in [-0.2, -0.15) is 0 Å². The largest absolute Gasteiger partial charge is 0.356 e. The predicted molar refractivity (Wildman–Crippen MR) is 124 cm³/mol. The summed E-state index contributed by atoms with van der Waals surface area (Å²) in [5, 5.41) is 15.6. The summed E-state index contributed by atoms with van der Waals surface area (Å²) >= 11 is 0. The molecule has 2 N–H and O–H groups in total. The van der Waals surface area contributed by atoms with Gasteiger partial charge in [0.1, 0.15) is 18.2 Å². The Bertz CT molecular complexity index is 1030. The molecule has 0 aliphatic heterocycles. The molecule has 4 rings (SSSR count). The highest BCUT2D eigenvalue weighted by molar-refractivity contribution is 5.80. The minimum Gasteiger partial charge on any atom is -0.356 e. The molecule has 1 aromatic carbocycles. The number of aromatic nitrogens is 5. The molecule has 31 heavy (non-hydrogen) atoms. The molecule has 0 unspecified atom stereocenters. The van der Waals surface area contributed by atoms with Gasteiger partial charge in [-0.25, -0.2) is 9.98 Å². The fourth-order valence-electron chi connectivity index (χ4n) is 4.25. The smallest absolute Gasteiger partial charge is 0.191 e. The molecule has 0 amide bonds. The van der Waals surface area contributed by atoms with Gasteiger partial charge in [-0.15, -0.1) is 10.2 Å². The Balaban J connectivity index is 1.37. The standard InChI is InChI=1S/C23H34N8/c1-17-26-20-12-7-8-13-21(20)31(17)15-9-14-24-23(27-19-10-5-4-6-11-19)25-16-22-29-28-18(2)30(22)3/h7-8,12-13,19H,4-6,9-11,14-16H2,1-3H3,(H2,24,25,27). The molecule has 0 radical (unpaired) electrons. The molecule has 0 atom stereocenters. The molecular weight excluding hydrogens is 388 g/mol. The average Bonchev–Trinajstić information content (AvgIpc) is 3.28. The Morgan fingerprint density at radius 3 is 2.68 bits per heavy atom. The van der Waals surface area contributed by atoms with Crippen LogP contribution in [0.3, 0.4) is 0 Å². The van der Waals surface area contributed by atoms with Gasteiger partial charge < -0.3 is 19.8 Å². The van der Waals surface area contributed by atoms with Crippen LogP contribution in [0, 0.1) is 13.8 Å². The van der Waals surface area contributed by atoms with Crippen LogP contribution in [0.25, 0.3) is 11.0 Å². The van der Waals surface area contributed by atoms with E-state index in [0.29, 0.717) is 12.6 Å². The SMILES string of the molecule is Cc1nnc(CN=C(NCCCn2c(C)nc3ccccc32)NC2CCCCC2)n1C. The maximum atomic E-state index is 4.82. The number of benzene rings is 1. The Hall–Kier alpha value is -2.90. The maximum absolute atomic E-state index is 4.82. The van der Waals surface area contributed by atoms with Crippen molar-refractivity contribution >= 4 is 17.0 Å². The molecule has 0 saturated heterocycles. The number of hydrogen-bond donors (Lipinski definition) is 2. The second-order valence-electron chi connectivity index (χ2n) is 8.45. The van der Waals surface area contributed by atoms with Gasteiger partial charge >= 0.3 is 0 Å². The van der Waals surface area contributed by atoms with E-state index >= 15 is 0 Å². The monoisotopic (exact) mass is 422 g/mol. The van der Waals surface area contributed by atoms with E-state index in [-0.39, 0.29) is 0 Å². The van der Waals surface area contributed by atoms with Gasteiger partial charge in [0, 0.05) is 26.2 Å². The average molecular weight is 423 g/mol. The summed E-state index contributed by atoms with van der Waals surface area (Å²) in [6, 6.07) is 8.83. The first-order valence-corrected chi connectivity index (χ1v) is 11.4. The van der Waals surface area contributed by atoms with Crippen molar-refractivity contribution in [2.24, 2.45) is 12.0 Å². The third-order valence-electron chi connectivity index (χ3n) is 6.20. The maximum Gasteiger partial charge on any atom is 0.191 e. The van der Waals surface area contributed by atoms with Crippen LogP contribution in [0.1, 0.15) is 56.0 Å². The number of nitrogens with zero attached hydrogens (tertiary/aromatic N) is 6. The van der Waals surface area contributed by atoms with Crippen molar-refractivity contribution in [2.45, 2.75) is 71.5 Å². The van der Waals surface area contributed by atoms with Crippen LogP contribution < -0.4 is 10.6 Å². The van der Waals surface area contributed by atoms with Crippen molar-refractivity contribution in [3.05, 3.63) is 41.7 Å². The zero-order valence-electron chi connectivity index (χ0n) is 18.9. The summed E-state index contributed by atoms with van der Waals surface area (Å²) in [6.07, 6.45) is 7.35. The Morgan fingerprint density at radius 2 is 1.90 bits per heavy atom. The van der Waals surface area contributed by atoms with Crippen LogP contribution >= 0.6 is 0 Å². The first-order valence-electron chi connectivity index (χ1n) is 11.4. The lowest BCUT2D eigenvalue weighted by Crippen LogP contribution is -2.44. The summed E-state index contributed by atoms with van der Waals surface area (Å²) < 4.78 is 4.29. The lowest BCUT2D eigenvalue weighted by molar-refractivity contribution is 0.409. The highest BCUT2D eigenvalue weighted by Crippen LogP contribution is 2.17. The minimum atomic E-state index is 0.501. The van der Waals surface area contributed by atoms with Gasteiger partial charge in [-0.1, -0.05) is 31.4 Å². The number of para-hydroxylation sites is 2. The Morgan fingerprint density at radius 1 is 1.10 bits per heavy atom. The summed E-state index contributed by atoms with van der Waals surface area (Å²) in [5.74, 6) is 3.72. The topological polar surface area (TPSA) is 85.0 Å². The van der Waals surface area contributed by atoms with E-state index < -0.39 is 0 Å². The van der Waals surface area contributed by atoms with E-state index in [9.17, 15) is 0 Å². The molecule has 1 aliphatic rings. The number of aryl methyl sites for hydroxylation is 3. The van der Waals surface area contributed by atoms with Crippen LogP contribution in [0.4, 0.5) is 0 Å². The van der Waals surface area contributed by atoms with Crippen LogP contribution in [-0.2, 0) is 20.1 Å². The van der Waals surface area contributed by atoms with Crippen molar-refractivity contribution < 1.29 is 0 Å². The van der Waals surface area contributed by atoms with E-state index in [0.717, 1.165) is 48.5 Å². The van der Waals surface area contributed by atoms with Crippen LogP contribution in [-0.4, -0.2) is 42.9 Å². The molecular formula is C23H34N8. The van der Waals surface area contributed by atoms with Gasteiger partial charge in [-0.05, 0) is 45.2 Å². The summed E-state index contributed by atoms with van der Waals surface area (Å²) in [6.45, 7) is 6.33. The van der Waals surface area contributed by atoms with Crippen molar-refractivity contribution in [1.82, 2.24) is 34.9 Å². The first-order chi connectivity index (χ1) is 15.1. The van der Waals surface area contributed by atoms with E-state index in [1.165, 1.54) is 37.6 Å². The van der Waals surface area contributed by atoms with Gasteiger partial charge in [0.05, 0.1) is 11.0 Å². The fourth-order valence-corrected chi connectivity index (χ4v) is 4.25. The Labute approximate surface area is 184 Å². The van der Waals surface area contributed by atoms with Crippen molar-refractivity contribution in [3.63, 3.8) is 0 Å². The number of aliphatic imine (C=N–C) groups is 1. The Kier molecular flexibility index (Phi) is 6.84. The molecule has 8 heteroatoms. The van der Waals surface area contributed by atoms with Crippen molar-refractivity contribution in [3.8, 4) is 0 Å². The van der Waals surface area contributed by atoms with E-state index in [4.69, 9.17) is 4.99 Å². The zero-order chi connectivity index (χ0) is 21.6. The molecule has 1 saturated carbocycles. The number of imidazole rings is 1. The normalized spacial score (nSPS) is 15.5. The van der Waals surface area contributed by atoms with Gasteiger partial charge in [0.15, 0.2) is 11.8 Å². The number of fused-ring (bicyclic) bond motifs is 1. The predicted octanol–water partition coefficient (Wildman–Crippen LogP) is 3.24. The fraction of sp³-hybridized carbons (Fsp3) is 0.565. The first kappa shape index (κ1) is 21.3. The third-order valence-corrected chi connectivity index (χ3v) is 6.20. The molecule has 1 fully saturated rings. The second kappa shape index (κ2) is 9.94. The summed E-state index contributed by atoms with van der Waals surface area (Å²) in [4.78, 5) is 9.49. The van der Waals surface area contributed by atoms with Gasteiger partial charge in [0.2, 0.25) is 0 Å². The van der Waals surface area contributed by atoms with Crippen molar-refractivity contribution in [1.29, 1.82) is 0 Å². The van der Waals surface area contributed by atoms with E-state index in [2.05, 4.69) is 55.5 Å². The lowest BCUT2D eigenvalue weighted by atomic mass is 9.96. The molecule has 1 aliphatic carbocycles. The molecule has 0 spiro atoms. The molecule has 3 aromatic rings. The zero-order valence-corrected chi connectivity index (χ0v) is 18.9. The molecule has 0 bridgehead atoms. The summed E-state index contributed by atoms with van der Waals surface area (Å²) in [5.41, 5.74) is 2.26. The van der Waals surface area contributed by atoms with E-state index in [1.807, 2.05) is 24.6 Å². The molecule has 8 nitrogen and oxygen atoms in total. The van der Waals surface area contributed by atoms with Crippen LogP contribution in [0.5, 0.6) is 0 Å². The number of guanidine groups is 1. The third kappa shape index (κ3) is 5.24. The number of nitrogens with one attached hydrogen (secondary N) is 2. The number of rotatable bonds is 7. The molecule has 2 aromatic heterocycles. The quantitative estimate of drug-likeness (QED) is 0.347. The number of hydrogen-bond acceptors (Lipinski definition) is 4. The minimum absolute atomic E-state index is 0.501. The van der Waals surface area contributed by atoms with Crippen molar-refractivity contribution in [2.75, 3.05) is 6.54 Å². The molecule has 2 heterocycles. The highest BCUT2D eigenvalue weighted by atomic mass is 15.3. The van der Waals surface area contributed by atoms with Gasteiger partial charge in [-0.3, -0.25) is 0 Å². The van der Waals surface area contributed by atoms with Crippen LogP contribution in [0.2, 0.25) is 0 Å². The van der Waals surface area contributed by atoms with Crippen LogP contribution in [0.15, 0.2) is 29.3 Å². The second-order valence-corrected chi connectivity index (χ2v) is 8.45. The molecule has 166 valence electrons. The van der Waals surface area contributed by atoms with Gasteiger partial charge in [0.25, 0.3) is 0 Å².